The molecule has 0 aliphatic carbocycles. The second-order valence-corrected chi connectivity index (χ2v) is 18.5. The van der Waals surface area contributed by atoms with E-state index in [2.05, 4.69) is 37.2 Å². The number of nitrogens with two attached hydrogens (primary N) is 2. The summed E-state index contributed by atoms with van der Waals surface area (Å²) in [5.74, 6) is -5.17. The maximum Gasteiger partial charge on any atom is 0.244 e. The number of rotatable bonds is 28. The van der Waals surface area contributed by atoms with E-state index in [1.807, 2.05) is 18.4 Å². The maximum atomic E-state index is 13.7. The van der Waals surface area contributed by atoms with Crippen LogP contribution >= 0.6 is 56.4 Å². The number of unbranched alkanes of at least 4 members (excludes halogenated alkanes) is 1. The highest BCUT2D eigenvalue weighted by Crippen LogP contribution is 2.19. The van der Waals surface area contributed by atoms with Gasteiger partial charge in [0.05, 0.1) is 19.6 Å². The highest BCUT2D eigenvalue weighted by Gasteiger charge is 2.29. The second-order valence-electron chi connectivity index (χ2n) is 14.6. The molecule has 3 aromatic rings. The van der Waals surface area contributed by atoms with Gasteiger partial charge in [-0.3, -0.25) is 38.4 Å². The molecule has 3 aromatic carbocycles. The average Bonchev–Trinajstić information content (AvgIpc) is 3.28. The summed E-state index contributed by atoms with van der Waals surface area (Å²) in [4.78, 5) is 104. The third-order valence-corrected chi connectivity index (χ3v) is 12.0. The molecule has 22 heteroatoms. The van der Waals surface area contributed by atoms with Gasteiger partial charge in [0.2, 0.25) is 47.3 Å². The van der Waals surface area contributed by atoms with Crippen molar-refractivity contribution in [1.82, 2.24) is 37.2 Å². The first kappa shape index (κ1) is 54.3. The van der Waals surface area contributed by atoms with Crippen molar-refractivity contribution in [2.75, 3.05) is 38.2 Å². The van der Waals surface area contributed by atoms with Crippen LogP contribution in [-0.2, 0) is 57.6 Å². The van der Waals surface area contributed by atoms with Gasteiger partial charge in [-0.15, -0.1) is 0 Å². The number of carbonyl (C=O) groups excluding carboxylic acids is 8. The minimum absolute atomic E-state index is 0.00619. The van der Waals surface area contributed by atoms with E-state index in [9.17, 15) is 38.4 Å². The Labute approximate surface area is 400 Å². The fourth-order valence-electron chi connectivity index (χ4n) is 5.99. The predicted octanol–water partition coefficient (Wildman–Crippen LogP) is 1.98. The average molecular weight is 995 g/mol. The van der Waals surface area contributed by atoms with Crippen LogP contribution in [0.2, 0.25) is 15.1 Å². The van der Waals surface area contributed by atoms with Gasteiger partial charge in [-0.2, -0.15) is 0 Å². The van der Waals surface area contributed by atoms with E-state index in [1.54, 1.807) is 60.7 Å². The molecule has 0 saturated carbocycles. The van der Waals surface area contributed by atoms with Crippen LogP contribution in [0.5, 0.6) is 0 Å². The molecular weight excluding hydrogens is 941 g/mol. The third-order valence-electron chi connectivity index (χ3n) is 9.47. The van der Waals surface area contributed by atoms with Crippen molar-refractivity contribution in [3.63, 3.8) is 0 Å². The first-order valence-corrected chi connectivity index (χ1v) is 24.3. The molecule has 0 saturated heterocycles. The van der Waals surface area contributed by atoms with Crippen LogP contribution in [0.25, 0.3) is 0 Å². The molecule has 0 spiro atoms. The minimum atomic E-state index is -1.20. The Morgan fingerprint density at radius 3 is 1.52 bits per heavy atom. The van der Waals surface area contributed by atoms with Gasteiger partial charge in [0.25, 0.3) is 0 Å². The van der Waals surface area contributed by atoms with Crippen LogP contribution < -0.4 is 48.7 Å². The molecule has 4 unspecified atom stereocenters. The maximum absolute atomic E-state index is 13.7. The van der Waals surface area contributed by atoms with Gasteiger partial charge in [0, 0.05) is 40.1 Å². The Morgan fingerprint density at radius 1 is 0.538 bits per heavy atom. The molecule has 0 aromatic heterocycles. The standard InChI is InChI=1S/C43H54Cl3N9O8S2/c1-64-65-25-35(54-36(56)18-11-26-5-12-29(44)13-6-26)43(63)55-34(21-28-9-16-31(46)17-10-28)42(62)51-24-39(59)52-32(4-2-3-19-47)41(61)50-22-37(57)49-23-38(58)53-33(40(48)60)20-27-7-14-30(45)15-8-27/h5-10,12-17,32-35H,2-4,11,18-25,47H2,1H3,(H2,48,60)(H,49,57)(H,50,61)(H,51,62)(H,52,59)(H,53,58)(H,54,56)(H,55,63). The van der Waals surface area contributed by atoms with Crippen LogP contribution in [-0.4, -0.2) is 110 Å². The fourth-order valence-corrected chi connectivity index (χ4v) is 7.69. The second kappa shape index (κ2) is 29.5. The number of halogens is 3. The van der Waals surface area contributed by atoms with Crippen LogP contribution in [0.15, 0.2) is 72.8 Å². The van der Waals surface area contributed by atoms with E-state index in [1.165, 1.54) is 21.6 Å². The monoisotopic (exact) mass is 993 g/mol. The van der Waals surface area contributed by atoms with Gasteiger partial charge < -0.3 is 48.7 Å². The molecule has 0 radical (unpaired) electrons. The SMILES string of the molecule is CSSCC(NC(=O)CCc1ccc(Cl)cc1)C(=O)NC(Cc1ccc(Cl)cc1)C(=O)NCC(=O)NC(CCCCN)C(=O)NCC(=O)NCC(=O)NC(Cc1ccc(Cl)cc1)C(N)=O. The largest absolute Gasteiger partial charge is 0.368 e. The topological polar surface area (TPSA) is 273 Å². The van der Waals surface area contributed by atoms with Gasteiger partial charge in [-0.05, 0) is 91.6 Å². The Hall–Kier alpha value is -5.05. The molecule has 0 heterocycles. The lowest BCUT2D eigenvalue weighted by Crippen LogP contribution is -2.56. The van der Waals surface area contributed by atoms with Gasteiger partial charge in [0.1, 0.15) is 24.2 Å². The van der Waals surface area contributed by atoms with E-state index >= 15 is 0 Å². The van der Waals surface area contributed by atoms with Crippen molar-refractivity contribution in [2.24, 2.45) is 11.5 Å². The highest BCUT2D eigenvalue weighted by molar-refractivity contribution is 8.76. The molecular formula is C43H54Cl3N9O8S2. The third kappa shape index (κ3) is 21.7. The lowest BCUT2D eigenvalue weighted by Gasteiger charge is -2.23. The summed E-state index contributed by atoms with van der Waals surface area (Å²) in [5.41, 5.74) is 13.3. The van der Waals surface area contributed by atoms with Gasteiger partial charge in [0.15, 0.2) is 0 Å². The summed E-state index contributed by atoms with van der Waals surface area (Å²) in [6.07, 6.45) is 3.55. The molecule has 352 valence electrons. The first-order valence-electron chi connectivity index (χ1n) is 20.5. The summed E-state index contributed by atoms with van der Waals surface area (Å²) < 4.78 is 0. The Kier molecular flexibility index (Phi) is 24.6. The fraction of sp³-hybridized carbons (Fsp3) is 0.395. The highest BCUT2D eigenvalue weighted by atomic mass is 35.5. The normalized spacial score (nSPS) is 12.6. The van der Waals surface area contributed by atoms with Crippen molar-refractivity contribution >= 4 is 104 Å². The molecule has 4 atom stereocenters. The van der Waals surface area contributed by atoms with Crippen molar-refractivity contribution in [2.45, 2.75) is 69.1 Å². The number of aryl methyl sites for hydroxylation is 1. The van der Waals surface area contributed by atoms with Gasteiger partial charge >= 0.3 is 0 Å². The van der Waals surface area contributed by atoms with E-state index < -0.39 is 85.2 Å². The number of carbonyl (C=O) groups is 8. The Balaban J connectivity index is 1.59. The van der Waals surface area contributed by atoms with E-state index in [0.717, 1.165) is 5.56 Å². The molecule has 11 N–H and O–H groups in total. The molecule has 8 amide bonds. The van der Waals surface area contributed by atoms with Crippen molar-refractivity contribution < 1.29 is 38.4 Å². The summed E-state index contributed by atoms with van der Waals surface area (Å²) in [6.45, 7) is -1.34. The zero-order valence-corrected chi connectivity index (χ0v) is 39.5. The summed E-state index contributed by atoms with van der Waals surface area (Å²) >= 11 is 17.9. The van der Waals surface area contributed by atoms with Crippen LogP contribution in [0.1, 0.15) is 42.4 Å². The molecule has 3 rings (SSSR count). The lowest BCUT2D eigenvalue weighted by atomic mass is 10.0. The van der Waals surface area contributed by atoms with Crippen molar-refractivity contribution in [3.8, 4) is 0 Å². The van der Waals surface area contributed by atoms with Crippen molar-refractivity contribution in [3.05, 3.63) is 105 Å². The zero-order chi connectivity index (χ0) is 47.7. The van der Waals surface area contributed by atoms with E-state index in [-0.39, 0.29) is 37.3 Å². The summed E-state index contributed by atoms with van der Waals surface area (Å²) in [7, 11) is 2.75. The Morgan fingerprint density at radius 2 is 1.00 bits per heavy atom. The summed E-state index contributed by atoms with van der Waals surface area (Å²) in [6, 6.07) is 15.9. The molecule has 0 fully saturated rings. The van der Waals surface area contributed by atoms with Crippen LogP contribution in [0.4, 0.5) is 0 Å². The number of nitrogens with one attached hydrogen (secondary N) is 7. The molecule has 17 nitrogen and oxygen atoms in total. The number of primary amides is 1. The quantitative estimate of drug-likeness (QED) is 0.0375. The molecule has 0 aliphatic heterocycles. The number of benzene rings is 3. The van der Waals surface area contributed by atoms with Crippen LogP contribution in [0.3, 0.4) is 0 Å². The van der Waals surface area contributed by atoms with Crippen LogP contribution in [0, 0.1) is 0 Å². The molecule has 0 bridgehead atoms. The lowest BCUT2D eigenvalue weighted by molar-refractivity contribution is -0.133. The Bertz CT molecular complexity index is 2070. The predicted molar refractivity (Wildman–Crippen MR) is 255 cm³/mol. The first-order chi connectivity index (χ1) is 31.1. The zero-order valence-electron chi connectivity index (χ0n) is 35.6. The molecule has 65 heavy (non-hydrogen) atoms. The van der Waals surface area contributed by atoms with Crippen molar-refractivity contribution in [1.29, 1.82) is 0 Å². The number of hydrogen-bond acceptors (Lipinski definition) is 11. The number of hydrogen-bond donors (Lipinski definition) is 9. The molecule has 0 aliphatic rings. The van der Waals surface area contributed by atoms with E-state index in [4.69, 9.17) is 46.3 Å². The minimum Gasteiger partial charge on any atom is -0.368 e. The summed E-state index contributed by atoms with van der Waals surface area (Å²) in [5, 5.41) is 19.4. The van der Waals surface area contributed by atoms with Gasteiger partial charge in [-0.25, -0.2) is 0 Å². The smallest absolute Gasteiger partial charge is 0.244 e. The number of amides is 8. The van der Waals surface area contributed by atoms with Gasteiger partial charge in [-0.1, -0.05) is 92.8 Å². The van der Waals surface area contributed by atoms with E-state index in [0.29, 0.717) is 52.0 Å².